The van der Waals surface area contributed by atoms with Crippen molar-refractivity contribution in [2.75, 3.05) is 6.61 Å². The molecule has 0 bridgehead atoms. The average Bonchev–Trinajstić information content (AvgIpc) is 3.52. The van der Waals surface area contributed by atoms with Crippen molar-refractivity contribution in [2.24, 2.45) is 5.41 Å². The van der Waals surface area contributed by atoms with Gasteiger partial charge < -0.3 is 4.74 Å². The van der Waals surface area contributed by atoms with Crippen LogP contribution in [0.3, 0.4) is 0 Å². The fraction of sp³-hybridized carbons (Fsp3) is 0.238. The Labute approximate surface area is 202 Å². The second-order valence-corrected chi connectivity index (χ2v) is 9.80. The maximum Gasteiger partial charge on any atom is 0.397 e. The molecule has 182 valence electrons. The molecule has 2 heterocycles. The van der Waals surface area contributed by atoms with Crippen LogP contribution in [-0.4, -0.2) is 41.9 Å². The minimum absolute atomic E-state index is 0.0283. The van der Waals surface area contributed by atoms with Gasteiger partial charge in [-0.05, 0) is 49.2 Å². The molecule has 35 heavy (non-hydrogen) atoms. The number of benzene rings is 1. The van der Waals surface area contributed by atoms with Crippen LogP contribution in [0.15, 0.2) is 58.6 Å². The molecule has 0 saturated heterocycles. The first-order chi connectivity index (χ1) is 16.5. The molecule has 0 unspecified atom stereocenters. The largest absolute Gasteiger partial charge is 0.476 e. The maximum absolute atomic E-state index is 13.2. The van der Waals surface area contributed by atoms with Crippen molar-refractivity contribution >= 4 is 27.5 Å². The van der Waals surface area contributed by atoms with Gasteiger partial charge in [-0.1, -0.05) is 0 Å². The summed E-state index contributed by atoms with van der Waals surface area (Å²) in [5.74, 6) is -1.08. The number of nitrogens with one attached hydrogen (secondary N) is 1. The van der Waals surface area contributed by atoms with Gasteiger partial charge in [-0.15, -0.1) is 5.10 Å². The Morgan fingerprint density at radius 1 is 1.20 bits per heavy atom. The number of pyridine rings is 1. The van der Waals surface area contributed by atoms with Gasteiger partial charge in [0.15, 0.2) is 10.8 Å². The number of sulfone groups is 1. The molecule has 0 atom stereocenters. The fourth-order valence-corrected chi connectivity index (χ4v) is 4.67. The second-order valence-electron chi connectivity index (χ2n) is 7.75. The molecule has 3 aromatic rings. The first-order valence-electron chi connectivity index (χ1n) is 9.94. The Morgan fingerprint density at radius 2 is 1.89 bits per heavy atom. The highest BCUT2D eigenvalue weighted by atomic mass is 35.5. The van der Waals surface area contributed by atoms with Crippen LogP contribution < -0.4 is 9.57 Å². The number of nitriles is 1. The molecule has 1 aliphatic carbocycles. The third kappa shape index (κ3) is 4.67. The lowest BCUT2D eigenvalue weighted by atomic mass is 10.1. The van der Waals surface area contributed by atoms with Crippen LogP contribution in [0.25, 0.3) is 5.82 Å². The fourth-order valence-electron chi connectivity index (χ4n) is 3.19. The van der Waals surface area contributed by atoms with E-state index in [1.165, 1.54) is 48.7 Å². The first kappa shape index (κ1) is 24.5. The summed E-state index contributed by atoms with van der Waals surface area (Å²) < 4.78 is 72.1. The normalized spacial score (nSPS) is 14.7. The number of hydrogen-bond acceptors (Lipinski definition) is 7. The van der Waals surface area contributed by atoms with Crippen molar-refractivity contribution in [3.63, 3.8) is 0 Å². The number of nitrogens with zero attached hydrogens (tertiary/aromatic N) is 4. The number of rotatable bonds is 7. The molecule has 1 aromatic carbocycles. The number of aromatic nitrogens is 3. The molecule has 0 spiro atoms. The van der Waals surface area contributed by atoms with Crippen LogP contribution in [0.4, 0.5) is 13.2 Å². The summed E-state index contributed by atoms with van der Waals surface area (Å²) in [6.07, 6.45) is -3.12. The first-order valence-corrected chi connectivity index (χ1v) is 11.8. The highest BCUT2D eigenvalue weighted by molar-refractivity contribution is 7.91. The third-order valence-corrected chi connectivity index (χ3v) is 7.36. The number of hydrogen-bond donors (Lipinski definition) is 1. The zero-order valence-electron chi connectivity index (χ0n) is 17.6. The molecule has 1 saturated carbocycles. The quantitative estimate of drug-likeness (QED) is 0.467. The van der Waals surface area contributed by atoms with Gasteiger partial charge in [0.1, 0.15) is 12.0 Å². The number of alkyl halides is 3. The summed E-state index contributed by atoms with van der Waals surface area (Å²) in [4.78, 5) is 17.9. The Kier molecular flexibility index (Phi) is 6.20. The van der Waals surface area contributed by atoms with E-state index in [0.29, 0.717) is 0 Å². The number of amides is 1. The molecule has 0 radical (unpaired) electrons. The van der Waals surface area contributed by atoms with E-state index in [-0.39, 0.29) is 40.6 Å². The molecular weight excluding hydrogens is 511 g/mol. The van der Waals surface area contributed by atoms with Crippen molar-refractivity contribution in [2.45, 2.75) is 28.9 Å². The Bertz CT molecular complexity index is 1430. The minimum atomic E-state index is -4.38. The lowest BCUT2D eigenvalue weighted by molar-refractivity contribution is -0.194. The van der Waals surface area contributed by atoms with Crippen LogP contribution in [-0.2, 0) is 9.84 Å². The monoisotopic (exact) mass is 525 g/mol. The van der Waals surface area contributed by atoms with Crippen molar-refractivity contribution in [3.8, 4) is 17.8 Å². The van der Waals surface area contributed by atoms with Crippen LogP contribution in [0, 0.1) is 16.7 Å². The maximum atomic E-state index is 13.2. The summed E-state index contributed by atoms with van der Waals surface area (Å²) in [7, 11) is -4.35. The second kappa shape index (κ2) is 8.86. The van der Waals surface area contributed by atoms with Crippen molar-refractivity contribution < 1.29 is 31.1 Å². The van der Waals surface area contributed by atoms with Crippen LogP contribution in [0.5, 0.6) is 5.88 Å². The third-order valence-electron chi connectivity index (χ3n) is 5.47. The summed E-state index contributed by atoms with van der Waals surface area (Å²) in [6, 6.07) is 10.6. The SMILES string of the molecule is N#Cc1ccc(S(=O)(=O)c2nc(-n3ccc(OCC4(C(F)(F)F)CC4)n3)ccc2C(=O)NCl)cc1. The lowest BCUT2D eigenvalue weighted by Crippen LogP contribution is -2.30. The zero-order chi connectivity index (χ0) is 25.4. The molecular formula is C21H15ClF3N5O4S. The standard InChI is InChI=1S/C21H15ClF3N5O4S/c22-28-18(31)15-5-6-16(27-19(15)35(32,33)14-3-1-13(11-26)2-4-14)30-10-7-17(29-30)34-12-20(8-9-20)21(23,24)25/h1-7,10H,8-9,12H2,(H,28,31). The smallest absolute Gasteiger partial charge is 0.397 e. The molecule has 1 N–H and O–H groups in total. The molecule has 4 rings (SSSR count). The van der Waals surface area contributed by atoms with E-state index in [1.54, 1.807) is 0 Å². The topological polar surface area (TPSA) is 127 Å². The van der Waals surface area contributed by atoms with Crippen molar-refractivity contribution in [3.05, 3.63) is 59.8 Å². The number of ether oxygens (including phenoxy) is 1. The van der Waals surface area contributed by atoms with E-state index in [9.17, 15) is 26.4 Å². The summed E-state index contributed by atoms with van der Waals surface area (Å²) in [5, 5.41) is 12.3. The molecule has 1 aliphatic rings. The lowest BCUT2D eigenvalue weighted by Gasteiger charge is -2.18. The number of carbonyl (C=O) groups is 1. The number of halogens is 4. The molecule has 14 heteroatoms. The summed E-state index contributed by atoms with van der Waals surface area (Å²) >= 11 is 5.39. The van der Waals surface area contributed by atoms with Crippen molar-refractivity contribution in [1.82, 2.24) is 19.6 Å². The van der Waals surface area contributed by atoms with Crippen LogP contribution in [0.2, 0.25) is 0 Å². The summed E-state index contributed by atoms with van der Waals surface area (Å²) in [5.41, 5.74) is -2.00. The highest BCUT2D eigenvalue weighted by Crippen LogP contribution is 2.57. The van der Waals surface area contributed by atoms with Crippen molar-refractivity contribution in [1.29, 1.82) is 5.26 Å². The molecule has 2 aromatic heterocycles. The predicted molar refractivity (Wildman–Crippen MR) is 115 cm³/mol. The Balaban J connectivity index is 1.67. The van der Waals surface area contributed by atoms with E-state index in [2.05, 4.69) is 10.1 Å². The van der Waals surface area contributed by atoms with E-state index in [1.807, 2.05) is 10.9 Å². The zero-order valence-corrected chi connectivity index (χ0v) is 19.2. The van der Waals surface area contributed by atoms with Crippen LogP contribution >= 0.6 is 11.8 Å². The minimum Gasteiger partial charge on any atom is -0.476 e. The van der Waals surface area contributed by atoms with Gasteiger partial charge >= 0.3 is 6.18 Å². The highest BCUT2D eigenvalue weighted by Gasteiger charge is 2.64. The van der Waals surface area contributed by atoms with Gasteiger partial charge in [-0.2, -0.15) is 18.4 Å². The Morgan fingerprint density at radius 3 is 2.46 bits per heavy atom. The van der Waals surface area contributed by atoms with E-state index in [4.69, 9.17) is 21.8 Å². The molecule has 1 amide bonds. The van der Waals surface area contributed by atoms with E-state index >= 15 is 0 Å². The van der Waals surface area contributed by atoms with E-state index in [0.717, 1.165) is 4.68 Å². The van der Waals surface area contributed by atoms with Gasteiger partial charge in [0.2, 0.25) is 15.7 Å². The van der Waals surface area contributed by atoms with E-state index < -0.39 is 39.0 Å². The van der Waals surface area contributed by atoms with Gasteiger partial charge in [0.05, 0.1) is 22.1 Å². The number of carbonyl (C=O) groups excluding carboxylic acids is 1. The predicted octanol–water partition coefficient (Wildman–Crippen LogP) is 3.58. The van der Waals surface area contributed by atoms with Gasteiger partial charge in [-0.3, -0.25) is 9.63 Å². The molecule has 9 nitrogen and oxygen atoms in total. The van der Waals surface area contributed by atoms with Crippen LogP contribution in [0.1, 0.15) is 28.8 Å². The summed E-state index contributed by atoms with van der Waals surface area (Å²) in [6.45, 7) is -0.589. The molecule has 1 fully saturated rings. The average molecular weight is 526 g/mol. The molecule has 0 aliphatic heterocycles. The van der Waals surface area contributed by atoms with Gasteiger partial charge in [-0.25, -0.2) is 18.1 Å². The Hall–Kier alpha value is -3.63. The van der Waals surface area contributed by atoms with Gasteiger partial charge in [0.25, 0.3) is 5.91 Å². The van der Waals surface area contributed by atoms with Gasteiger partial charge in [0, 0.05) is 24.0 Å².